The number of benzene rings is 2. The number of hydrogen-bond donors (Lipinski definition) is 1. The van der Waals surface area contributed by atoms with Crippen molar-refractivity contribution in [3.63, 3.8) is 0 Å². The first-order valence-corrected chi connectivity index (χ1v) is 8.05. The van der Waals surface area contributed by atoms with Gasteiger partial charge in [-0.25, -0.2) is 0 Å². The van der Waals surface area contributed by atoms with Crippen molar-refractivity contribution >= 4 is 5.91 Å². The average molecular weight is 311 g/mol. The first kappa shape index (κ1) is 17.1. The number of amides is 1. The molecule has 2 aromatic rings. The van der Waals surface area contributed by atoms with Gasteiger partial charge in [0.1, 0.15) is 5.75 Å². The van der Waals surface area contributed by atoms with Gasteiger partial charge in [0.25, 0.3) is 5.91 Å². The summed E-state index contributed by atoms with van der Waals surface area (Å²) in [4.78, 5) is 12.2. The first-order chi connectivity index (χ1) is 11.0. The zero-order chi connectivity index (χ0) is 16.8. The van der Waals surface area contributed by atoms with Crippen molar-refractivity contribution in [2.24, 2.45) is 0 Å². The largest absolute Gasteiger partial charge is 0.484 e. The summed E-state index contributed by atoms with van der Waals surface area (Å²) < 4.78 is 5.57. The van der Waals surface area contributed by atoms with Crippen molar-refractivity contribution in [3.05, 3.63) is 64.7 Å². The molecule has 0 heterocycles. The van der Waals surface area contributed by atoms with Crippen molar-refractivity contribution < 1.29 is 9.53 Å². The predicted molar refractivity (Wildman–Crippen MR) is 93.8 cm³/mol. The second-order valence-corrected chi connectivity index (χ2v) is 5.99. The van der Waals surface area contributed by atoms with Crippen LogP contribution in [0.1, 0.15) is 41.6 Å². The lowest BCUT2D eigenvalue weighted by atomic mass is 9.97. The lowest BCUT2D eigenvalue weighted by Gasteiger charge is -2.20. The van der Waals surface area contributed by atoms with Crippen LogP contribution in [0.25, 0.3) is 0 Å². The molecule has 0 radical (unpaired) electrons. The molecular weight excluding hydrogens is 286 g/mol. The molecule has 0 spiro atoms. The summed E-state index contributed by atoms with van der Waals surface area (Å²) in [7, 11) is 0. The van der Waals surface area contributed by atoms with Gasteiger partial charge in [0, 0.05) is 0 Å². The van der Waals surface area contributed by atoms with E-state index in [1.807, 2.05) is 31.2 Å². The Bertz CT molecular complexity index is 679. The van der Waals surface area contributed by atoms with Gasteiger partial charge in [0.05, 0.1) is 6.04 Å². The number of nitrogens with one attached hydrogen (secondary N) is 1. The highest BCUT2D eigenvalue weighted by atomic mass is 16.5. The van der Waals surface area contributed by atoms with Gasteiger partial charge in [0.15, 0.2) is 6.61 Å². The fourth-order valence-corrected chi connectivity index (χ4v) is 2.71. The van der Waals surface area contributed by atoms with Crippen molar-refractivity contribution in [1.29, 1.82) is 0 Å². The Morgan fingerprint density at radius 1 is 1.09 bits per heavy atom. The van der Waals surface area contributed by atoms with Crippen LogP contribution >= 0.6 is 0 Å². The van der Waals surface area contributed by atoms with E-state index in [1.165, 1.54) is 16.7 Å². The maximum absolute atomic E-state index is 12.2. The zero-order valence-electron chi connectivity index (χ0n) is 14.3. The van der Waals surface area contributed by atoms with E-state index in [4.69, 9.17) is 4.74 Å². The number of rotatable bonds is 6. The van der Waals surface area contributed by atoms with Crippen LogP contribution < -0.4 is 10.1 Å². The topological polar surface area (TPSA) is 38.3 Å². The summed E-state index contributed by atoms with van der Waals surface area (Å²) in [6.07, 6.45) is 0.847. The molecule has 0 unspecified atom stereocenters. The molecule has 3 nitrogen and oxygen atoms in total. The third-order valence-electron chi connectivity index (χ3n) is 3.90. The maximum Gasteiger partial charge on any atom is 0.258 e. The highest BCUT2D eigenvalue weighted by molar-refractivity contribution is 5.78. The first-order valence-electron chi connectivity index (χ1n) is 8.05. The molecule has 0 aliphatic carbocycles. The number of carbonyl (C=O) groups excluding carboxylic acids is 1. The number of carbonyl (C=O) groups is 1. The van der Waals surface area contributed by atoms with Crippen molar-refractivity contribution in [3.8, 4) is 5.75 Å². The fraction of sp³-hybridized carbons (Fsp3) is 0.350. The van der Waals surface area contributed by atoms with Crippen molar-refractivity contribution in [2.75, 3.05) is 6.61 Å². The van der Waals surface area contributed by atoms with Crippen LogP contribution in [0.4, 0.5) is 0 Å². The minimum absolute atomic E-state index is 0.0178. The molecule has 0 saturated heterocycles. The Kier molecular flexibility index (Phi) is 5.80. The van der Waals surface area contributed by atoms with Crippen LogP contribution in [0, 0.1) is 20.8 Å². The van der Waals surface area contributed by atoms with E-state index >= 15 is 0 Å². The molecule has 2 aromatic carbocycles. The standard InChI is InChI=1S/C20H25NO2/c1-5-19(18-10-9-15(3)11-16(18)4)21-20(22)13-23-17-8-6-7-14(2)12-17/h6-12,19H,5,13H2,1-4H3,(H,21,22)/t19-/m1/s1. The molecule has 3 heteroatoms. The molecule has 0 fully saturated rings. The lowest BCUT2D eigenvalue weighted by Crippen LogP contribution is -2.32. The Labute approximate surface area is 138 Å². The Morgan fingerprint density at radius 3 is 2.48 bits per heavy atom. The summed E-state index contributed by atoms with van der Waals surface area (Å²) in [5.41, 5.74) is 4.72. The van der Waals surface area contributed by atoms with Gasteiger partial charge in [-0.3, -0.25) is 4.79 Å². The van der Waals surface area contributed by atoms with E-state index < -0.39 is 0 Å². The highest BCUT2D eigenvalue weighted by Crippen LogP contribution is 2.21. The molecule has 122 valence electrons. The summed E-state index contributed by atoms with van der Waals surface area (Å²) in [6, 6.07) is 14.1. The maximum atomic E-state index is 12.2. The van der Waals surface area contributed by atoms with E-state index in [0.717, 1.165) is 17.7 Å². The molecule has 0 saturated carbocycles. The van der Waals surface area contributed by atoms with Gasteiger partial charge in [-0.2, -0.15) is 0 Å². The second-order valence-electron chi connectivity index (χ2n) is 5.99. The molecule has 0 aromatic heterocycles. The Balaban J connectivity index is 1.97. The molecule has 0 bridgehead atoms. The third-order valence-corrected chi connectivity index (χ3v) is 3.90. The van der Waals surface area contributed by atoms with E-state index in [2.05, 4.69) is 44.3 Å². The van der Waals surface area contributed by atoms with Crippen molar-refractivity contribution in [2.45, 2.75) is 40.2 Å². The van der Waals surface area contributed by atoms with Crippen molar-refractivity contribution in [1.82, 2.24) is 5.32 Å². The van der Waals surface area contributed by atoms with E-state index in [9.17, 15) is 4.79 Å². The SMILES string of the molecule is CC[C@@H](NC(=O)COc1cccc(C)c1)c1ccc(C)cc1C. The predicted octanol–water partition coefficient (Wildman–Crippen LogP) is 4.26. The Hall–Kier alpha value is -2.29. The van der Waals surface area contributed by atoms with Crippen LogP contribution in [0.2, 0.25) is 0 Å². The van der Waals surface area contributed by atoms with Gasteiger partial charge >= 0.3 is 0 Å². The van der Waals surface area contributed by atoms with Gasteiger partial charge in [-0.1, -0.05) is 42.8 Å². The normalized spacial score (nSPS) is 11.8. The fourth-order valence-electron chi connectivity index (χ4n) is 2.71. The molecule has 1 amide bonds. The molecular formula is C20H25NO2. The van der Waals surface area contributed by atoms with Gasteiger partial charge in [0.2, 0.25) is 0 Å². The molecule has 2 rings (SSSR count). The molecule has 1 N–H and O–H groups in total. The number of aryl methyl sites for hydroxylation is 3. The molecule has 1 atom stereocenters. The summed E-state index contributed by atoms with van der Waals surface area (Å²) >= 11 is 0. The van der Waals surface area contributed by atoms with Crippen LogP contribution in [0.3, 0.4) is 0 Å². The second kappa shape index (κ2) is 7.82. The minimum Gasteiger partial charge on any atom is -0.484 e. The highest BCUT2D eigenvalue weighted by Gasteiger charge is 2.15. The van der Waals surface area contributed by atoms with E-state index in [0.29, 0.717) is 0 Å². The van der Waals surface area contributed by atoms with Gasteiger partial charge in [-0.15, -0.1) is 0 Å². The minimum atomic E-state index is -0.0988. The van der Waals surface area contributed by atoms with Gasteiger partial charge in [-0.05, 0) is 56.0 Å². The molecule has 0 aliphatic rings. The average Bonchev–Trinajstić information content (AvgIpc) is 2.51. The third kappa shape index (κ3) is 4.85. The zero-order valence-corrected chi connectivity index (χ0v) is 14.3. The molecule has 0 aliphatic heterocycles. The van der Waals surface area contributed by atoms with E-state index in [1.54, 1.807) is 0 Å². The summed E-state index contributed by atoms with van der Waals surface area (Å²) in [5.74, 6) is 0.623. The Morgan fingerprint density at radius 2 is 1.83 bits per heavy atom. The summed E-state index contributed by atoms with van der Waals surface area (Å²) in [5, 5.41) is 3.06. The number of hydrogen-bond acceptors (Lipinski definition) is 2. The number of ether oxygens (including phenoxy) is 1. The lowest BCUT2D eigenvalue weighted by molar-refractivity contribution is -0.123. The van der Waals surface area contributed by atoms with E-state index in [-0.39, 0.29) is 18.6 Å². The van der Waals surface area contributed by atoms with Crippen LogP contribution in [0.5, 0.6) is 5.75 Å². The smallest absolute Gasteiger partial charge is 0.258 e. The monoisotopic (exact) mass is 311 g/mol. The molecule has 23 heavy (non-hydrogen) atoms. The quantitative estimate of drug-likeness (QED) is 0.865. The van der Waals surface area contributed by atoms with Gasteiger partial charge < -0.3 is 10.1 Å². The van der Waals surface area contributed by atoms with Crippen LogP contribution in [0.15, 0.2) is 42.5 Å². The summed E-state index contributed by atoms with van der Waals surface area (Å²) in [6.45, 7) is 8.27. The van der Waals surface area contributed by atoms with Crippen LogP contribution in [-0.4, -0.2) is 12.5 Å². The van der Waals surface area contributed by atoms with Crippen LogP contribution in [-0.2, 0) is 4.79 Å².